The maximum Gasteiger partial charge on any atom is 0.236 e. The molecule has 0 aliphatic carbocycles. The van der Waals surface area contributed by atoms with Gasteiger partial charge >= 0.3 is 0 Å². The first-order valence-corrected chi connectivity index (χ1v) is 9.18. The third-order valence-corrected chi connectivity index (χ3v) is 6.67. The Morgan fingerprint density at radius 2 is 2.05 bits per heavy atom. The number of nitrogens with one attached hydrogen (secondary N) is 3. The predicted molar refractivity (Wildman–Crippen MR) is 73.8 cm³/mol. The molecule has 1 aromatic heterocycles. The SMILES string of the molecule is N=C(N)c1cn[nH]c1NS(=O)(=O)C1CCS(=O)(=O)CC1. The van der Waals surface area contributed by atoms with Gasteiger partial charge in [0.25, 0.3) is 0 Å². The number of H-pyrrole nitrogens is 1. The fraction of sp³-hybridized carbons (Fsp3) is 0.556. The summed E-state index contributed by atoms with van der Waals surface area (Å²) in [6, 6.07) is 0. The first-order valence-electron chi connectivity index (χ1n) is 5.81. The van der Waals surface area contributed by atoms with E-state index in [2.05, 4.69) is 14.9 Å². The van der Waals surface area contributed by atoms with Gasteiger partial charge in [-0.05, 0) is 12.8 Å². The van der Waals surface area contributed by atoms with Gasteiger partial charge < -0.3 is 5.73 Å². The van der Waals surface area contributed by atoms with Crippen LogP contribution in [0.4, 0.5) is 5.82 Å². The van der Waals surface area contributed by atoms with Crippen molar-refractivity contribution in [2.24, 2.45) is 5.73 Å². The van der Waals surface area contributed by atoms with Crippen molar-refractivity contribution in [1.29, 1.82) is 5.41 Å². The Bertz CT molecular complexity index is 707. The highest BCUT2D eigenvalue weighted by Gasteiger charge is 2.33. The van der Waals surface area contributed by atoms with Crippen molar-refractivity contribution in [2.45, 2.75) is 18.1 Å². The number of sulfonamides is 1. The number of amidine groups is 1. The maximum absolute atomic E-state index is 12.2. The molecule has 0 atom stereocenters. The van der Waals surface area contributed by atoms with Crippen LogP contribution in [0.5, 0.6) is 0 Å². The van der Waals surface area contributed by atoms with E-state index in [0.717, 1.165) is 0 Å². The average Bonchev–Trinajstić information content (AvgIpc) is 2.75. The summed E-state index contributed by atoms with van der Waals surface area (Å²) in [5.41, 5.74) is 5.45. The van der Waals surface area contributed by atoms with Crippen LogP contribution in [0, 0.1) is 5.41 Å². The van der Waals surface area contributed by atoms with E-state index in [1.807, 2.05) is 0 Å². The summed E-state index contributed by atoms with van der Waals surface area (Å²) in [6.07, 6.45) is 1.36. The van der Waals surface area contributed by atoms with Crippen LogP contribution in [-0.2, 0) is 19.9 Å². The van der Waals surface area contributed by atoms with Crippen LogP contribution < -0.4 is 10.5 Å². The number of anilines is 1. The molecule has 2 heterocycles. The zero-order chi connectivity index (χ0) is 15.0. The van der Waals surface area contributed by atoms with Crippen LogP contribution in [-0.4, -0.2) is 49.6 Å². The summed E-state index contributed by atoms with van der Waals surface area (Å²) < 4.78 is 49.2. The number of aromatic amines is 1. The Morgan fingerprint density at radius 1 is 1.45 bits per heavy atom. The molecule has 0 unspecified atom stereocenters. The first kappa shape index (κ1) is 14.8. The summed E-state index contributed by atoms with van der Waals surface area (Å²) in [5.74, 6) is -0.573. The highest BCUT2D eigenvalue weighted by atomic mass is 32.2. The molecule has 112 valence electrons. The van der Waals surface area contributed by atoms with Crippen molar-refractivity contribution in [2.75, 3.05) is 16.2 Å². The van der Waals surface area contributed by atoms with Gasteiger partial charge in [0.1, 0.15) is 21.5 Å². The summed E-state index contributed by atoms with van der Waals surface area (Å²) >= 11 is 0. The highest BCUT2D eigenvalue weighted by molar-refractivity contribution is 7.94. The van der Waals surface area contributed by atoms with E-state index in [4.69, 9.17) is 11.1 Å². The molecule has 1 fully saturated rings. The van der Waals surface area contributed by atoms with Crippen LogP contribution in [0.3, 0.4) is 0 Å². The normalized spacial score (nSPS) is 19.6. The Balaban J connectivity index is 2.16. The van der Waals surface area contributed by atoms with Crippen molar-refractivity contribution in [3.63, 3.8) is 0 Å². The van der Waals surface area contributed by atoms with Crippen LogP contribution >= 0.6 is 0 Å². The van der Waals surface area contributed by atoms with E-state index >= 15 is 0 Å². The molecule has 1 aromatic rings. The van der Waals surface area contributed by atoms with Crippen molar-refractivity contribution in [3.8, 4) is 0 Å². The molecule has 1 aliphatic rings. The zero-order valence-electron chi connectivity index (χ0n) is 10.5. The van der Waals surface area contributed by atoms with Gasteiger partial charge in [0, 0.05) is 0 Å². The number of nitrogen functional groups attached to an aromatic ring is 1. The minimum atomic E-state index is -3.75. The lowest BCUT2D eigenvalue weighted by Crippen LogP contribution is -2.36. The van der Waals surface area contributed by atoms with Gasteiger partial charge in [-0.15, -0.1) is 0 Å². The van der Waals surface area contributed by atoms with Gasteiger partial charge in [-0.25, -0.2) is 16.8 Å². The summed E-state index contributed by atoms with van der Waals surface area (Å²) in [6.45, 7) is 0. The van der Waals surface area contributed by atoms with Gasteiger partial charge in [-0.2, -0.15) is 5.10 Å². The zero-order valence-corrected chi connectivity index (χ0v) is 12.1. The van der Waals surface area contributed by atoms with Crippen LogP contribution in [0.2, 0.25) is 0 Å². The number of hydrogen-bond acceptors (Lipinski definition) is 6. The second-order valence-corrected chi connectivity index (χ2v) is 8.84. The number of nitrogens with zero attached hydrogens (tertiary/aromatic N) is 1. The lowest BCUT2D eigenvalue weighted by atomic mass is 10.2. The maximum atomic E-state index is 12.2. The molecule has 0 bridgehead atoms. The molecular formula is C9H15N5O4S2. The van der Waals surface area contributed by atoms with Gasteiger partial charge in [0.15, 0.2) is 0 Å². The van der Waals surface area contributed by atoms with E-state index in [1.165, 1.54) is 6.20 Å². The minimum Gasteiger partial charge on any atom is -0.384 e. The molecular weight excluding hydrogens is 306 g/mol. The van der Waals surface area contributed by atoms with E-state index in [-0.39, 0.29) is 41.6 Å². The molecule has 1 saturated heterocycles. The van der Waals surface area contributed by atoms with Crippen molar-refractivity contribution in [3.05, 3.63) is 11.8 Å². The quantitative estimate of drug-likeness (QED) is 0.411. The Morgan fingerprint density at radius 3 is 2.60 bits per heavy atom. The number of aromatic nitrogens is 2. The van der Waals surface area contributed by atoms with Gasteiger partial charge in [0.2, 0.25) is 10.0 Å². The predicted octanol–water partition coefficient (Wildman–Crippen LogP) is -0.987. The second-order valence-electron chi connectivity index (χ2n) is 4.57. The van der Waals surface area contributed by atoms with E-state index in [0.29, 0.717) is 0 Å². The average molecular weight is 321 g/mol. The van der Waals surface area contributed by atoms with Gasteiger partial charge in [0.05, 0.1) is 28.5 Å². The molecule has 0 aromatic carbocycles. The highest BCUT2D eigenvalue weighted by Crippen LogP contribution is 2.22. The number of sulfone groups is 1. The second kappa shape index (κ2) is 5.05. The molecule has 0 amide bonds. The first-order chi connectivity index (χ1) is 9.21. The van der Waals surface area contributed by atoms with Crippen molar-refractivity contribution >= 4 is 31.5 Å². The fourth-order valence-corrected chi connectivity index (χ4v) is 5.23. The Labute approximate surface area is 116 Å². The third-order valence-electron chi connectivity index (χ3n) is 3.11. The smallest absolute Gasteiger partial charge is 0.236 e. The minimum absolute atomic E-state index is 0.0194. The molecule has 20 heavy (non-hydrogen) atoms. The van der Waals surface area contributed by atoms with Crippen LogP contribution in [0.15, 0.2) is 6.20 Å². The van der Waals surface area contributed by atoms with Crippen molar-refractivity contribution in [1.82, 2.24) is 10.2 Å². The molecule has 0 spiro atoms. The summed E-state index contributed by atoms with van der Waals surface area (Å²) in [5, 5.41) is 12.6. The Hall–Kier alpha value is -1.62. The topological polar surface area (TPSA) is 159 Å². The Kier molecular flexibility index (Phi) is 3.73. The standard InChI is InChI=1S/C9H15N5O4S2/c10-8(11)7-5-12-13-9(7)14-20(17,18)6-1-3-19(15,16)4-2-6/h5-6H,1-4H2,(H3,10,11)(H2,12,13,14). The molecule has 0 saturated carbocycles. The summed E-state index contributed by atoms with van der Waals surface area (Å²) in [4.78, 5) is 0. The number of nitrogens with two attached hydrogens (primary N) is 1. The number of hydrogen-bond donors (Lipinski definition) is 4. The molecule has 9 nitrogen and oxygen atoms in total. The molecule has 11 heteroatoms. The largest absolute Gasteiger partial charge is 0.384 e. The van der Waals surface area contributed by atoms with E-state index in [9.17, 15) is 16.8 Å². The van der Waals surface area contributed by atoms with E-state index < -0.39 is 25.1 Å². The van der Waals surface area contributed by atoms with Gasteiger partial charge in [-0.3, -0.25) is 15.2 Å². The summed E-state index contributed by atoms with van der Waals surface area (Å²) in [7, 11) is -6.88. The lowest BCUT2D eigenvalue weighted by molar-refractivity contribution is 0.555. The molecule has 1 aliphatic heterocycles. The monoisotopic (exact) mass is 321 g/mol. The van der Waals surface area contributed by atoms with Crippen molar-refractivity contribution < 1.29 is 16.8 Å². The molecule has 2 rings (SSSR count). The fourth-order valence-electron chi connectivity index (χ4n) is 1.97. The van der Waals surface area contributed by atoms with Gasteiger partial charge in [-0.1, -0.05) is 0 Å². The van der Waals surface area contributed by atoms with Crippen LogP contribution in [0.25, 0.3) is 0 Å². The van der Waals surface area contributed by atoms with Crippen LogP contribution in [0.1, 0.15) is 18.4 Å². The molecule has 5 N–H and O–H groups in total. The third kappa shape index (κ3) is 3.10. The molecule has 0 radical (unpaired) electrons. The lowest BCUT2D eigenvalue weighted by Gasteiger charge is -2.22. The number of rotatable bonds is 4. The van der Waals surface area contributed by atoms with E-state index in [1.54, 1.807) is 0 Å².